The molecule has 16 heavy (non-hydrogen) atoms. The lowest BCUT2D eigenvalue weighted by Crippen LogP contribution is -2.23. The van der Waals surface area contributed by atoms with Crippen molar-refractivity contribution in [3.05, 3.63) is 33.4 Å². The lowest BCUT2D eigenvalue weighted by atomic mass is 10.1. The first-order valence-electron chi connectivity index (χ1n) is 5.51. The molecule has 0 fully saturated rings. The Morgan fingerprint density at radius 1 is 1.19 bits per heavy atom. The van der Waals surface area contributed by atoms with E-state index in [9.17, 15) is 10.1 Å². The van der Waals surface area contributed by atoms with Crippen molar-refractivity contribution < 1.29 is 4.92 Å². The first-order chi connectivity index (χ1) is 7.51. The lowest BCUT2D eigenvalue weighted by molar-refractivity contribution is -0.384. The van der Waals surface area contributed by atoms with Crippen molar-refractivity contribution >= 4 is 11.4 Å². The normalized spacial score (nSPS) is 10.2. The Bertz CT molecular complexity index is 375. The number of nitro groups is 1. The van der Waals surface area contributed by atoms with Crippen molar-refractivity contribution in [3.63, 3.8) is 0 Å². The highest BCUT2D eigenvalue weighted by Crippen LogP contribution is 2.29. The topological polar surface area (TPSA) is 46.4 Å². The van der Waals surface area contributed by atoms with Crippen LogP contribution in [0.4, 0.5) is 11.4 Å². The molecule has 0 radical (unpaired) electrons. The molecule has 1 rings (SSSR count). The van der Waals surface area contributed by atoms with Gasteiger partial charge in [0.15, 0.2) is 0 Å². The molecule has 0 aliphatic carbocycles. The maximum atomic E-state index is 10.7. The first-order valence-corrected chi connectivity index (χ1v) is 5.51. The molecule has 0 amide bonds. The van der Waals surface area contributed by atoms with Crippen LogP contribution in [0.5, 0.6) is 0 Å². The summed E-state index contributed by atoms with van der Waals surface area (Å²) in [7, 11) is 0. The average molecular weight is 222 g/mol. The summed E-state index contributed by atoms with van der Waals surface area (Å²) in [5.74, 6) is 0. The van der Waals surface area contributed by atoms with E-state index >= 15 is 0 Å². The molecule has 0 heterocycles. The molecule has 0 bridgehead atoms. The summed E-state index contributed by atoms with van der Waals surface area (Å²) in [4.78, 5) is 12.6. The summed E-state index contributed by atoms with van der Waals surface area (Å²) in [6.07, 6.45) is 0. The van der Waals surface area contributed by atoms with Gasteiger partial charge >= 0.3 is 0 Å². The molecule has 0 saturated carbocycles. The zero-order valence-corrected chi connectivity index (χ0v) is 10.3. The van der Waals surface area contributed by atoms with Crippen LogP contribution in [0.2, 0.25) is 0 Å². The molecule has 4 heteroatoms. The minimum Gasteiger partial charge on any atom is -0.372 e. The SMILES string of the molecule is CCN(CC)c1c(C)cc([N+](=O)[O-])cc1C. The zero-order chi connectivity index (χ0) is 12.3. The van der Waals surface area contributed by atoms with Gasteiger partial charge in [0.1, 0.15) is 0 Å². The highest BCUT2D eigenvalue weighted by molar-refractivity contribution is 5.62. The van der Waals surface area contributed by atoms with E-state index in [-0.39, 0.29) is 10.6 Å². The summed E-state index contributed by atoms with van der Waals surface area (Å²) in [6.45, 7) is 9.85. The van der Waals surface area contributed by atoms with E-state index in [1.54, 1.807) is 12.1 Å². The number of non-ortho nitro benzene ring substituents is 1. The summed E-state index contributed by atoms with van der Waals surface area (Å²) in [6, 6.07) is 3.28. The summed E-state index contributed by atoms with van der Waals surface area (Å²) < 4.78 is 0. The van der Waals surface area contributed by atoms with Gasteiger partial charge < -0.3 is 4.90 Å². The molecule has 0 aromatic heterocycles. The number of hydrogen-bond donors (Lipinski definition) is 0. The highest BCUT2D eigenvalue weighted by Gasteiger charge is 2.14. The van der Waals surface area contributed by atoms with Gasteiger partial charge in [-0.2, -0.15) is 0 Å². The second-order valence-corrected chi connectivity index (χ2v) is 3.86. The Kier molecular flexibility index (Phi) is 3.88. The van der Waals surface area contributed by atoms with Gasteiger partial charge in [0.2, 0.25) is 0 Å². The average Bonchev–Trinajstić information content (AvgIpc) is 2.22. The number of nitrogens with zero attached hydrogens (tertiary/aromatic N) is 2. The number of nitro benzene ring substituents is 1. The second kappa shape index (κ2) is 4.96. The highest BCUT2D eigenvalue weighted by atomic mass is 16.6. The Morgan fingerprint density at radius 2 is 1.62 bits per heavy atom. The molecule has 0 unspecified atom stereocenters. The van der Waals surface area contributed by atoms with Gasteiger partial charge in [-0.05, 0) is 38.8 Å². The van der Waals surface area contributed by atoms with E-state index in [1.807, 2.05) is 13.8 Å². The molecule has 0 aliphatic heterocycles. The van der Waals surface area contributed by atoms with Crippen molar-refractivity contribution in [1.82, 2.24) is 0 Å². The van der Waals surface area contributed by atoms with Crippen molar-refractivity contribution in [3.8, 4) is 0 Å². The lowest BCUT2D eigenvalue weighted by Gasteiger charge is -2.25. The second-order valence-electron chi connectivity index (χ2n) is 3.86. The van der Waals surface area contributed by atoms with Crippen LogP contribution in [-0.4, -0.2) is 18.0 Å². The minimum absolute atomic E-state index is 0.172. The first kappa shape index (κ1) is 12.5. The van der Waals surface area contributed by atoms with Gasteiger partial charge in [0, 0.05) is 30.9 Å². The molecule has 1 aromatic carbocycles. The van der Waals surface area contributed by atoms with Gasteiger partial charge in [-0.15, -0.1) is 0 Å². The Morgan fingerprint density at radius 3 is 1.94 bits per heavy atom. The Hall–Kier alpha value is -1.58. The number of rotatable bonds is 4. The fraction of sp³-hybridized carbons (Fsp3) is 0.500. The van der Waals surface area contributed by atoms with Gasteiger partial charge in [-0.3, -0.25) is 10.1 Å². The molecule has 1 aromatic rings. The van der Waals surface area contributed by atoms with E-state index < -0.39 is 0 Å². The standard InChI is InChI=1S/C12H18N2O2/c1-5-13(6-2)12-9(3)7-11(14(15)16)8-10(12)4/h7-8H,5-6H2,1-4H3. The monoisotopic (exact) mass is 222 g/mol. The molecule has 0 N–H and O–H groups in total. The van der Waals surface area contributed by atoms with Crippen LogP contribution in [0.3, 0.4) is 0 Å². The van der Waals surface area contributed by atoms with Crippen LogP contribution in [0, 0.1) is 24.0 Å². The van der Waals surface area contributed by atoms with E-state index in [2.05, 4.69) is 18.7 Å². The van der Waals surface area contributed by atoms with Crippen LogP contribution in [0.1, 0.15) is 25.0 Å². The van der Waals surface area contributed by atoms with E-state index in [1.165, 1.54) is 0 Å². The van der Waals surface area contributed by atoms with Crippen LogP contribution < -0.4 is 4.90 Å². The third kappa shape index (κ3) is 2.32. The van der Waals surface area contributed by atoms with Crippen LogP contribution in [-0.2, 0) is 0 Å². The molecule has 0 atom stereocenters. The van der Waals surface area contributed by atoms with Crippen LogP contribution in [0.25, 0.3) is 0 Å². The number of anilines is 1. The Balaban J connectivity index is 3.26. The maximum absolute atomic E-state index is 10.7. The molecule has 0 saturated heterocycles. The van der Waals surface area contributed by atoms with Crippen molar-refractivity contribution in [1.29, 1.82) is 0 Å². The molecule has 0 spiro atoms. The Labute approximate surface area is 96.0 Å². The van der Waals surface area contributed by atoms with Gasteiger partial charge in [-0.25, -0.2) is 0 Å². The van der Waals surface area contributed by atoms with Crippen LogP contribution in [0.15, 0.2) is 12.1 Å². The van der Waals surface area contributed by atoms with Crippen molar-refractivity contribution in [2.45, 2.75) is 27.7 Å². The van der Waals surface area contributed by atoms with Crippen molar-refractivity contribution in [2.75, 3.05) is 18.0 Å². The van der Waals surface area contributed by atoms with Gasteiger partial charge in [-0.1, -0.05) is 0 Å². The summed E-state index contributed by atoms with van der Waals surface area (Å²) in [5, 5.41) is 10.7. The van der Waals surface area contributed by atoms with Gasteiger partial charge in [0.05, 0.1) is 4.92 Å². The molecule has 4 nitrogen and oxygen atoms in total. The van der Waals surface area contributed by atoms with E-state index in [0.29, 0.717) is 0 Å². The number of benzene rings is 1. The quantitative estimate of drug-likeness (QED) is 0.581. The molecule has 0 aliphatic rings. The fourth-order valence-electron chi connectivity index (χ4n) is 2.08. The number of hydrogen-bond acceptors (Lipinski definition) is 3. The molecule has 88 valence electrons. The smallest absolute Gasteiger partial charge is 0.270 e. The number of aryl methyl sites for hydroxylation is 2. The zero-order valence-electron chi connectivity index (χ0n) is 10.3. The molecular formula is C12H18N2O2. The minimum atomic E-state index is -0.341. The summed E-state index contributed by atoms with van der Waals surface area (Å²) >= 11 is 0. The predicted octanol–water partition coefficient (Wildman–Crippen LogP) is 3.06. The third-order valence-corrected chi connectivity index (χ3v) is 2.77. The molecular weight excluding hydrogens is 204 g/mol. The predicted molar refractivity (Wildman–Crippen MR) is 66.1 cm³/mol. The van der Waals surface area contributed by atoms with E-state index in [4.69, 9.17) is 0 Å². The third-order valence-electron chi connectivity index (χ3n) is 2.77. The van der Waals surface area contributed by atoms with Gasteiger partial charge in [0.25, 0.3) is 5.69 Å². The fourth-order valence-corrected chi connectivity index (χ4v) is 2.08. The van der Waals surface area contributed by atoms with Crippen molar-refractivity contribution in [2.24, 2.45) is 0 Å². The van der Waals surface area contributed by atoms with Crippen LogP contribution >= 0.6 is 0 Å². The maximum Gasteiger partial charge on any atom is 0.270 e. The largest absolute Gasteiger partial charge is 0.372 e. The van der Waals surface area contributed by atoms with E-state index in [0.717, 1.165) is 29.9 Å². The summed E-state index contributed by atoms with van der Waals surface area (Å²) in [5.41, 5.74) is 3.23.